The van der Waals surface area contributed by atoms with Crippen LogP contribution in [0.2, 0.25) is 0 Å². The number of aromatic amines is 1. The van der Waals surface area contributed by atoms with Gasteiger partial charge in [-0.2, -0.15) is 0 Å². The molecule has 1 aromatic heterocycles. The van der Waals surface area contributed by atoms with E-state index < -0.39 is 41.3 Å². The molecular formula is C32H37N5O6. The Hall–Kier alpha value is -4.38. The number of H-pyrrole nitrogens is 1. The maximum absolute atomic E-state index is 14.4. The molecule has 6 rings (SSSR count). The number of aromatic nitrogens is 1. The lowest BCUT2D eigenvalue weighted by Crippen LogP contribution is -2.55. The van der Waals surface area contributed by atoms with Crippen LogP contribution in [0.15, 0.2) is 48.5 Å². The van der Waals surface area contributed by atoms with Gasteiger partial charge in [0.1, 0.15) is 17.5 Å². The average molecular weight is 588 g/mol. The molecule has 0 radical (unpaired) electrons. The Kier molecular flexibility index (Phi) is 7.37. The Morgan fingerprint density at radius 2 is 1.91 bits per heavy atom. The Bertz CT molecular complexity index is 1600. The highest BCUT2D eigenvalue weighted by molar-refractivity contribution is 6.08. The first-order valence-electron chi connectivity index (χ1n) is 14.8. The van der Waals surface area contributed by atoms with Gasteiger partial charge >= 0.3 is 0 Å². The first kappa shape index (κ1) is 28.7. The molecule has 3 aliphatic rings. The van der Waals surface area contributed by atoms with Crippen LogP contribution in [0.5, 0.6) is 5.75 Å². The Morgan fingerprint density at radius 1 is 1.14 bits per heavy atom. The van der Waals surface area contributed by atoms with Crippen molar-refractivity contribution in [3.8, 4) is 5.75 Å². The third-order valence-corrected chi connectivity index (χ3v) is 8.76. The number of carbonyl (C=O) groups is 4. The van der Waals surface area contributed by atoms with E-state index in [-0.39, 0.29) is 36.5 Å². The van der Waals surface area contributed by atoms with E-state index in [4.69, 9.17) is 4.74 Å². The van der Waals surface area contributed by atoms with Gasteiger partial charge in [0.25, 0.3) is 11.8 Å². The van der Waals surface area contributed by atoms with Crippen LogP contribution in [0.3, 0.4) is 0 Å². The first-order chi connectivity index (χ1) is 20.6. The number of nitrogens with zero attached hydrogens (tertiary/aromatic N) is 1. The predicted molar refractivity (Wildman–Crippen MR) is 160 cm³/mol. The highest BCUT2D eigenvalue weighted by Crippen LogP contribution is 2.47. The molecule has 5 N–H and O–H groups in total. The van der Waals surface area contributed by atoms with E-state index in [1.54, 1.807) is 25.3 Å². The molecule has 4 atom stereocenters. The summed E-state index contributed by atoms with van der Waals surface area (Å²) in [5.41, 5.74) is 1.24. The Morgan fingerprint density at radius 3 is 2.63 bits per heavy atom. The molecular weight excluding hydrogens is 550 g/mol. The summed E-state index contributed by atoms with van der Waals surface area (Å²) in [6.45, 7) is 3.87. The molecule has 2 aliphatic heterocycles. The normalized spacial score (nSPS) is 22.4. The van der Waals surface area contributed by atoms with E-state index in [0.29, 0.717) is 23.4 Å². The van der Waals surface area contributed by atoms with Crippen molar-refractivity contribution in [3.63, 3.8) is 0 Å². The standard InChI is InChI=1S/C32H37N5O6/c1-17(2)13-24(35-28(39)23-14-19-21(34-23)9-6-10-26(19)43-3)30(41)37-16-32(20-7-4-5-8-22(20)36-31(32)42)15-25(37)27(38)29(40)33-18-11-12-18/h4-10,14,17-18,24-25,27,34,38H,11-13,15-16H2,1-3H3,(H,33,40)(H,35,39)(H,36,42)/t24?,25-,27?,32-/m0/s1. The molecule has 1 saturated carbocycles. The van der Waals surface area contributed by atoms with Gasteiger partial charge in [0.2, 0.25) is 11.8 Å². The quantitative estimate of drug-likeness (QED) is 0.259. The summed E-state index contributed by atoms with van der Waals surface area (Å²) in [6.07, 6.45) is 0.532. The molecule has 11 nitrogen and oxygen atoms in total. The van der Waals surface area contributed by atoms with E-state index in [1.165, 1.54) is 4.90 Å². The smallest absolute Gasteiger partial charge is 0.268 e. The van der Waals surface area contributed by atoms with Crippen LogP contribution in [0, 0.1) is 5.92 Å². The van der Waals surface area contributed by atoms with Gasteiger partial charge in [-0.05, 0) is 61.4 Å². The summed E-state index contributed by atoms with van der Waals surface area (Å²) in [5, 5.41) is 20.7. The summed E-state index contributed by atoms with van der Waals surface area (Å²) in [6, 6.07) is 12.5. The molecule has 3 heterocycles. The number of anilines is 1. The van der Waals surface area contributed by atoms with Gasteiger partial charge in [-0.25, -0.2) is 0 Å². The number of aliphatic hydroxyl groups excluding tert-OH is 1. The molecule has 0 bridgehead atoms. The van der Waals surface area contributed by atoms with Crippen LogP contribution in [-0.2, 0) is 19.8 Å². The molecule has 226 valence electrons. The largest absolute Gasteiger partial charge is 0.496 e. The minimum atomic E-state index is -1.54. The predicted octanol–water partition coefficient (Wildman–Crippen LogP) is 2.45. The van der Waals surface area contributed by atoms with Gasteiger partial charge in [0, 0.05) is 29.2 Å². The number of fused-ring (bicyclic) bond motifs is 3. The van der Waals surface area contributed by atoms with Gasteiger partial charge in [-0.1, -0.05) is 38.1 Å². The molecule has 2 unspecified atom stereocenters. The molecule has 43 heavy (non-hydrogen) atoms. The van der Waals surface area contributed by atoms with Crippen molar-refractivity contribution in [2.75, 3.05) is 19.0 Å². The molecule has 3 aromatic rings. The van der Waals surface area contributed by atoms with E-state index in [1.807, 2.05) is 44.2 Å². The molecule has 2 aromatic carbocycles. The molecule has 1 saturated heterocycles. The van der Waals surface area contributed by atoms with Gasteiger partial charge < -0.3 is 35.7 Å². The summed E-state index contributed by atoms with van der Waals surface area (Å²) in [4.78, 5) is 58.9. The average Bonchev–Trinajstić information content (AvgIpc) is 3.43. The molecule has 2 fully saturated rings. The summed E-state index contributed by atoms with van der Waals surface area (Å²) >= 11 is 0. The van der Waals surface area contributed by atoms with Crippen LogP contribution in [-0.4, -0.2) is 76.5 Å². The fourth-order valence-corrected chi connectivity index (χ4v) is 6.44. The lowest BCUT2D eigenvalue weighted by atomic mass is 9.79. The molecule has 11 heteroatoms. The highest BCUT2D eigenvalue weighted by Gasteiger charge is 2.58. The van der Waals surface area contributed by atoms with E-state index in [2.05, 4.69) is 20.9 Å². The van der Waals surface area contributed by atoms with Crippen molar-refractivity contribution >= 4 is 40.2 Å². The van der Waals surface area contributed by atoms with Crippen LogP contribution in [0.25, 0.3) is 10.9 Å². The van der Waals surface area contributed by atoms with E-state index in [9.17, 15) is 24.3 Å². The topological polar surface area (TPSA) is 153 Å². The minimum Gasteiger partial charge on any atom is -0.496 e. The van der Waals surface area contributed by atoms with Gasteiger partial charge in [0.05, 0.1) is 18.6 Å². The first-order valence-corrected chi connectivity index (χ1v) is 14.8. The number of rotatable bonds is 9. The van der Waals surface area contributed by atoms with Crippen LogP contribution in [0.4, 0.5) is 5.69 Å². The van der Waals surface area contributed by atoms with Crippen LogP contribution < -0.4 is 20.7 Å². The molecule has 4 amide bonds. The number of benzene rings is 2. The second kappa shape index (κ2) is 11.0. The number of methoxy groups -OCH3 is 1. The number of hydrogen-bond acceptors (Lipinski definition) is 6. The Labute approximate surface area is 249 Å². The van der Waals surface area contributed by atoms with Crippen molar-refractivity contribution in [2.45, 2.75) is 69.2 Å². The fourth-order valence-electron chi connectivity index (χ4n) is 6.44. The molecule has 1 spiro atoms. The number of aliphatic hydroxyl groups is 1. The Balaban J connectivity index is 1.31. The zero-order chi connectivity index (χ0) is 30.5. The van der Waals surface area contributed by atoms with Gasteiger partial charge in [0.15, 0.2) is 6.10 Å². The number of nitrogens with one attached hydrogen (secondary N) is 4. The van der Waals surface area contributed by atoms with Crippen LogP contribution >= 0.6 is 0 Å². The number of ether oxygens (including phenoxy) is 1. The van der Waals surface area contributed by atoms with Crippen LogP contribution in [0.1, 0.15) is 55.6 Å². The monoisotopic (exact) mass is 587 g/mol. The second-order valence-corrected chi connectivity index (χ2v) is 12.3. The summed E-state index contributed by atoms with van der Waals surface area (Å²) < 4.78 is 5.42. The number of para-hydroxylation sites is 1. The number of likely N-dealkylation sites (tertiary alicyclic amines) is 1. The van der Waals surface area contributed by atoms with Crippen molar-refractivity contribution < 1.29 is 29.0 Å². The molecule has 1 aliphatic carbocycles. The van der Waals surface area contributed by atoms with Crippen molar-refractivity contribution in [2.24, 2.45) is 5.92 Å². The number of hydrogen-bond donors (Lipinski definition) is 5. The lowest BCUT2D eigenvalue weighted by molar-refractivity contribution is -0.141. The zero-order valence-corrected chi connectivity index (χ0v) is 24.5. The second-order valence-electron chi connectivity index (χ2n) is 12.3. The van der Waals surface area contributed by atoms with Crippen molar-refractivity contribution in [1.29, 1.82) is 0 Å². The fraction of sp³-hybridized carbons (Fsp3) is 0.438. The number of carbonyl (C=O) groups excluding carboxylic acids is 4. The maximum atomic E-state index is 14.4. The highest BCUT2D eigenvalue weighted by atomic mass is 16.5. The summed E-state index contributed by atoms with van der Waals surface area (Å²) in [5.74, 6) is -1.12. The van der Waals surface area contributed by atoms with E-state index in [0.717, 1.165) is 23.8 Å². The van der Waals surface area contributed by atoms with Crippen molar-refractivity contribution in [1.82, 2.24) is 20.5 Å². The van der Waals surface area contributed by atoms with Crippen molar-refractivity contribution in [3.05, 3.63) is 59.8 Å². The van der Waals surface area contributed by atoms with Gasteiger partial charge in [-0.15, -0.1) is 0 Å². The van der Waals surface area contributed by atoms with E-state index >= 15 is 0 Å². The zero-order valence-electron chi connectivity index (χ0n) is 24.5. The minimum absolute atomic E-state index is 0.0140. The maximum Gasteiger partial charge on any atom is 0.268 e. The lowest BCUT2D eigenvalue weighted by Gasteiger charge is -2.32. The third-order valence-electron chi connectivity index (χ3n) is 8.76. The van der Waals surface area contributed by atoms with Gasteiger partial charge in [-0.3, -0.25) is 19.2 Å². The number of amides is 4. The SMILES string of the molecule is COc1cccc2[nH]c(C(=O)NC(CC(C)C)C(=O)N3C[C@]4(C[C@H]3C(O)C(=O)NC3CC3)C(=O)Nc3ccccc34)cc12. The third kappa shape index (κ3) is 5.22. The summed E-state index contributed by atoms with van der Waals surface area (Å²) in [7, 11) is 1.56.